The van der Waals surface area contributed by atoms with Gasteiger partial charge in [-0.15, -0.1) is 0 Å². The third kappa shape index (κ3) is 6.48. The van der Waals surface area contributed by atoms with Crippen LogP contribution in [0, 0.1) is 24.2 Å². The van der Waals surface area contributed by atoms with Crippen LogP contribution in [-0.4, -0.2) is 33.3 Å². The molecule has 1 unspecified atom stereocenters. The van der Waals surface area contributed by atoms with Crippen LogP contribution >= 0.6 is 24.0 Å². The van der Waals surface area contributed by atoms with Crippen LogP contribution in [0.1, 0.15) is 68.7 Å². The number of carbonyl (C=O) groups is 1. The van der Waals surface area contributed by atoms with Crippen molar-refractivity contribution in [2.75, 3.05) is 19.0 Å². The first-order valence-corrected chi connectivity index (χ1v) is 14.3. The van der Waals surface area contributed by atoms with Crippen LogP contribution in [0.4, 0.5) is 5.82 Å². The Morgan fingerprint density at radius 1 is 1.21 bits per heavy atom. The normalized spacial score (nSPS) is 15.2. The summed E-state index contributed by atoms with van der Waals surface area (Å²) in [4.78, 5) is 28.8. The molecule has 9 heteroatoms. The molecule has 0 aliphatic carbocycles. The molecule has 1 aromatic carbocycles. The van der Waals surface area contributed by atoms with E-state index in [1.807, 2.05) is 31.2 Å². The Hall–Kier alpha value is -3.09. The van der Waals surface area contributed by atoms with Crippen molar-refractivity contribution in [2.45, 2.75) is 66.5 Å². The first-order chi connectivity index (χ1) is 18.3. The van der Waals surface area contributed by atoms with Crippen LogP contribution in [0.15, 0.2) is 34.0 Å². The van der Waals surface area contributed by atoms with E-state index in [9.17, 15) is 14.9 Å². The molecule has 2 heterocycles. The predicted octanol–water partition coefficient (Wildman–Crippen LogP) is 6.09. The number of hydrogen-bond acceptors (Lipinski definition) is 7. The van der Waals surface area contributed by atoms with E-state index in [-0.39, 0.29) is 17.0 Å². The molecule has 7 nitrogen and oxygen atoms in total. The number of benzene rings is 1. The number of pyridine rings is 1. The fourth-order valence-corrected chi connectivity index (χ4v) is 5.81. The number of rotatable bonds is 12. The zero-order valence-corrected chi connectivity index (χ0v) is 24.4. The van der Waals surface area contributed by atoms with Gasteiger partial charge >= 0.3 is 0 Å². The average molecular weight is 553 g/mol. The molecular formula is C29H36N4O3S2. The number of hydrogen-bond donors (Lipinski definition) is 1. The van der Waals surface area contributed by atoms with Crippen molar-refractivity contribution >= 4 is 46.1 Å². The molecule has 1 amide bonds. The number of anilines is 1. The van der Waals surface area contributed by atoms with Crippen molar-refractivity contribution in [3.05, 3.63) is 61.8 Å². The van der Waals surface area contributed by atoms with E-state index >= 15 is 0 Å². The number of nitrogens with one attached hydrogen (secondary N) is 1. The highest BCUT2D eigenvalue weighted by Crippen LogP contribution is 2.36. The van der Waals surface area contributed by atoms with Gasteiger partial charge in [-0.2, -0.15) is 5.26 Å². The van der Waals surface area contributed by atoms with Crippen LogP contribution in [-0.2, 0) is 17.9 Å². The lowest BCUT2D eigenvalue weighted by Crippen LogP contribution is -2.33. The summed E-state index contributed by atoms with van der Waals surface area (Å²) in [6.07, 6.45) is 6.08. The van der Waals surface area contributed by atoms with E-state index in [4.69, 9.17) is 17.0 Å². The van der Waals surface area contributed by atoms with E-state index in [0.29, 0.717) is 51.7 Å². The van der Waals surface area contributed by atoms with Gasteiger partial charge < -0.3 is 10.1 Å². The standard InChI is InChI=1S/C29H36N4O3S2/c1-6-9-10-20(7-2)18-33-28(35)25(38-29(33)37)15-23-19(4)24(16-30)27(34)32(8-3)26(23)31-17-21-11-13-22(36-5)14-12-21/h11-15,20,31H,6-10,17-18H2,1-5H3/b25-15+. The van der Waals surface area contributed by atoms with Crippen LogP contribution in [0.5, 0.6) is 5.75 Å². The van der Waals surface area contributed by atoms with Gasteiger partial charge in [-0.05, 0) is 55.5 Å². The lowest BCUT2D eigenvalue weighted by Gasteiger charge is -2.22. The minimum Gasteiger partial charge on any atom is -0.497 e. The van der Waals surface area contributed by atoms with Crippen molar-refractivity contribution in [2.24, 2.45) is 5.92 Å². The Morgan fingerprint density at radius 2 is 1.92 bits per heavy atom. The monoisotopic (exact) mass is 552 g/mol. The van der Waals surface area contributed by atoms with Gasteiger partial charge in [0.25, 0.3) is 11.5 Å². The number of nitriles is 1. The second-order valence-corrected chi connectivity index (χ2v) is 11.0. The third-order valence-electron chi connectivity index (χ3n) is 6.94. The van der Waals surface area contributed by atoms with Gasteiger partial charge in [-0.3, -0.25) is 19.1 Å². The van der Waals surface area contributed by atoms with Gasteiger partial charge in [0.1, 0.15) is 27.5 Å². The Balaban J connectivity index is 2.01. The van der Waals surface area contributed by atoms with Gasteiger partial charge in [0.15, 0.2) is 0 Å². The topological polar surface area (TPSA) is 87.4 Å². The van der Waals surface area contributed by atoms with E-state index in [1.165, 1.54) is 11.8 Å². The number of amides is 1. The smallest absolute Gasteiger partial charge is 0.270 e. The van der Waals surface area contributed by atoms with Crippen LogP contribution in [0.3, 0.4) is 0 Å². The van der Waals surface area contributed by atoms with Crippen molar-refractivity contribution in [1.82, 2.24) is 9.47 Å². The molecule has 1 atom stereocenters. The van der Waals surface area contributed by atoms with Crippen LogP contribution in [0.25, 0.3) is 6.08 Å². The number of thiocarbonyl (C=S) groups is 1. The summed E-state index contributed by atoms with van der Waals surface area (Å²) in [5.74, 6) is 1.61. The maximum absolute atomic E-state index is 13.5. The lowest BCUT2D eigenvalue weighted by molar-refractivity contribution is -0.122. The molecule has 38 heavy (non-hydrogen) atoms. The van der Waals surface area contributed by atoms with Gasteiger partial charge in [-0.25, -0.2) is 0 Å². The van der Waals surface area contributed by atoms with Crippen molar-refractivity contribution in [3.8, 4) is 11.8 Å². The zero-order chi connectivity index (χ0) is 27.8. The van der Waals surface area contributed by atoms with Crippen LogP contribution in [0.2, 0.25) is 0 Å². The number of thioether (sulfide) groups is 1. The largest absolute Gasteiger partial charge is 0.497 e. The Bertz CT molecular complexity index is 1310. The number of unbranched alkanes of at least 4 members (excludes halogenated alkanes) is 1. The quantitative estimate of drug-likeness (QED) is 0.252. The molecule has 0 bridgehead atoms. The third-order valence-corrected chi connectivity index (χ3v) is 8.32. The number of nitrogens with zero attached hydrogens (tertiary/aromatic N) is 3. The van der Waals surface area contributed by atoms with Crippen molar-refractivity contribution in [1.29, 1.82) is 5.26 Å². The van der Waals surface area contributed by atoms with E-state index < -0.39 is 0 Å². The number of carbonyl (C=O) groups excluding carboxylic acids is 1. The Morgan fingerprint density at radius 3 is 2.50 bits per heavy atom. The summed E-state index contributed by atoms with van der Waals surface area (Å²) in [5, 5.41) is 13.2. The summed E-state index contributed by atoms with van der Waals surface area (Å²) in [5.41, 5.74) is 1.91. The molecule has 202 valence electrons. The van der Waals surface area contributed by atoms with Crippen molar-refractivity contribution in [3.63, 3.8) is 0 Å². The number of ether oxygens (including phenoxy) is 1. The first-order valence-electron chi connectivity index (χ1n) is 13.1. The lowest BCUT2D eigenvalue weighted by atomic mass is 9.99. The second kappa shape index (κ2) is 13.6. The zero-order valence-electron chi connectivity index (χ0n) is 22.8. The van der Waals surface area contributed by atoms with Gasteiger partial charge in [-0.1, -0.05) is 69.2 Å². The average Bonchev–Trinajstić information content (AvgIpc) is 3.19. The van der Waals surface area contributed by atoms with Crippen molar-refractivity contribution < 1.29 is 9.53 Å². The molecule has 3 rings (SSSR count). The van der Waals surface area contributed by atoms with Gasteiger partial charge in [0, 0.05) is 25.2 Å². The molecular weight excluding hydrogens is 516 g/mol. The highest BCUT2D eigenvalue weighted by atomic mass is 32.2. The predicted molar refractivity (Wildman–Crippen MR) is 159 cm³/mol. The summed E-state index contributed by atoms with van der Waals surface area (Å²) in [6.45, 7) is 9.36. The highest BCUT2D eigenvalue weighted by Gasteiger charge is 2.34. The Labute approximate surface area is 234 Å². The summed E-state index contributed by atoms with van der Waals surface area (Å²) >= 11 is 6.88. The maximum Gasteiger partial charge on any atom is 0.270 e. The minimum atomic E-state index is -0.351. The minimum absolute atomic E-state index is 0.0780. The number of methoxy groups -OCH3 is 1. The highest BCUT2D eigenvalue weighted by molar-refractivity contribution is 8.26. The molecule has 0 radical (unpaired) electrons. The molecule has 1 saturated heterocycles. The first kappa shape index (κ1) is 29.5. The summed E-state index contributed by atoms with van der Waals surface area (Å²) < 4.78 is 7.35. The fourth-order valence-electron chi connectivity index (χ4n) is 4.55. The summed E-state index contributed by atoms with van der Waals surface area (Å²) in [7, 11) is 1.62. The van der Waals surface area contributed by atoms with Crippen LogP contribution < -0.4 is 15.6 Å². The molecule has 2 aromatic rings. The van der Waals surface area contributed by atoms with Gasteiger partial charge in [0.05, 0.1) is 12.0 Å². The van der Waals surface area contributed by atoms with Gasteiger partial charge in [0.2, 0.25) is 0 Å². The molecule has 1 fully saturated rings. The molecule has 1 N–H and O–H groups in total. The maximum atomic E-state index is 13.5. The molecule has 1 aliphatic heterocycles. The second-order valence-electron chi connectivity index (χ2n) is 9.33. The molecule has 0 saturated carbocycles. The number of aromatic nitrogens is 1. The molecule has 1 aromatic heterocycles. The van der Waals surface area contributed by atoms with E-state index in [0.717, 1.165) is 37.0 Å². The summed E-state index contributed by atoms with van der Waals surface area (Å²) in [6, 6.07) is 9.72. The molecule has 0 spiro atoms. The Kier molecular flexibility index (Phi) is 10.6. The molecule has 1 aliphatic rings. The SMILES string of the molecule is CCCCC(CC)CN1C(=O)/C(=C\c2c(C)c(C#N)c(=O)n(CC)c2NCc2ccc(OC)cc2)SC1=S. The fraction of sp³-hybridized carbons (Fsp3) is 0.448. The van der Waals surface area contributed by atoms with E-state index in [2.05, 4.69) is 25.2 Å². The van der Waals surface area contributed by atoms with E-state index in [1.54, 1.807) is 29.6 Å².